The summed E-state index contributed by atoms with van der Waals surface area (Å²) in [5.41, 5.74) is 1.99. The molecule has 0 fully saturated rings. The highest BCUT2D eigenvalue weighted by atomic mass is 32.1. The van der Waals surface area contributed by atoms with Crippen molar-refractivity contribution < 1.29 is 43.5 Å². The molecule has 0 amide bonds. The predicted molar refractivity (Wildman–Crippen MR) is 107 cm³/mol. The summed E-state index contributed by atoms with van der Waals surface area (Å²) < 4.78 is 38.2. The molecule has 2 heterocycles. The number of carbonyl (C=O) groups is 2. The van der Waals surface area contributed by atoms with Crippen LogP contribution < -0.4 is 4.74 Å². The number of alkyl halides is 2. The Bertz CT molecular complexity index is 715. The maximum absolute atomic E-state index is 12.0. The van der Waals surface area contributed by atoms with Crippen LogP contribution >= 0.6 is 11.7 Å². The first-order valence-corrected chi connectivity index (χ1v) is 10.3. The molecule has 0 spiro atoms. The highest BCUT2D eigenvalue weighted by Crippen LogP contribution is 2.27. The summed E-state index contributed by atoms with van der Waals surface area (Å²) in [5, 5.41) is 32.5. The van der Waals surface area contributed by atoms with Gasteiger partial charge in [-0.3, -0.25) is 0 Å². The largest absolute Gasteiger partial charge is 0.479 e. The first-order chi connectivity index (χ1) is 14.6. The molecule has 0 aromatic carbocycles. The number of hydrogen-bond donors (Lipinski definition) is 4. The van der Waals surface area contributed by atoms with E-state index in [0.29, 0.717) is 18.9 Å². The van der Waals surface area contributed by atoms with Crippen molar-refractivity contribution in [2.45, 2.75) is 50.7 Å². The van der Waals surface area contributed by atoms with Crippen LogP contribution in [0.1, 0.15) is 37.8 Å². The highest BCUT2D eigenvalue weighted by molar-refractivity contribution is 6.99. The molecular weight excluding hydrogens is 440 g/mol. The molecule has 0 aliphatic carbocycles. The van der Waals surface area contributed by atoms with Crippen molar-refractivity contribution >= 4 is 29.2 Å². The summed E-state index contributed by atoms with van der Waals surface area (Å²) in [6.07, 6.45) is -1.50. The Morgan fingerprint density at radius 2 is 1.81 bits per heavy atom. The smallest absolute Gasteiger partial charge is 0.335 e. The average molecular weight is 467 g/mol. The average Bonchev–Trinajstić information content (AvgIpc) is 3.18. The normalized spacial score (nSPS) is 16.1. The summed E-state index contributed by atoms with van der Waals surface area (Å²) in [4.78, 5) is 21.8. The Balaban J connectivity index is 0.000000407. The third-order valence-electron chi connectivity index (χ3n) is 4.21. The van der Waals surface area contributed by atoms with Gasteiger partial charge in [0.1, 0.15) is 5.69 Å². The fraction of sp³-hybridized carbons (Fsp3) is 0.667. The van der Waals surface area contributed by atoms with E-state index in [0.717, 1.165) is 55.3 Å². The number of rotatable bonds is 11. The zero-order valence-corrected chi connectivity index (χ0v) is 17.8. The van der Waals surface area contributed by atoms with Gasteiger partial charge in [0.15, 0.2) is 12.2 Å². The number of aliphatic hydroxyl groups is 2. The zero-order chi connectivity index (χ0) is 23.4. The molecule has 0 saturated carbocycles. The van der Waals surface area contributed by atoms with Gasteiger partial charge < -0.3 is 30.1 Å². The van der Waals surface area contributed by atoms with Gasteiger partial charge in [0.05, 0.1) is 18.3 Å². The van der Waals surface area contributed by atoms with Gasteiger partial charge in [0.25, 0.3) is 5.88 Å². The Hall–Kier alpha value is -2.22. The second-order valence-electron chi connectivity index (χ2n) is 6.83. The van der Waals surface area contributed by atoms with Crippen molar-refractivity contribution in [2.75, 3.05) is 26.7 Å². The van der Waals surface area contributed by atoms with Crippen LogP contribution in [0.15, 0.2) is 6.08 Å². The zero-order valence-electron chi connectivity index (χ0n) is 17.0. The fourth-order valence-electron chi connectivity index (χ4n) is 2.55. The molecule has 4 N–H and O–H groups in total. The number of aliphatic carboxylic acids is 2. The third kappa shape index (κ3) is 10.1. The number of ether oxygens (including phenoxy) is 1. The molecule has 176 valence electrons. The number of likely N-dealkylation sites (N-methyl/N-ethyl adjacent to an activating group) is 1. The Labute approximate surface area is 182 Å². The minimum atomic E-state index is -2.27. The van der Waals surface area contributed by atoms with Crippen LogP contribution in [-0.4, -0.2) is 91.4 Å². The van der Waals surface area contributed by atoms with Crippen molar-refractivity contribution in [3.63, 3.8) is 0 Å². The van der Waals surface area contributed by atoms with Crippen LogP contribution in [0, 0.1) is 0 Å². The fourth-order valence-corrected chi connectivity index (χ4v) is 3.08. The molecule has 1 aliphatic rings. The molecule has 1 aromatic rings. The minimum Gasteiger partial charge on any atom is -0.479 e. The molecule has 0 saturated heterocycles. The molecular formula is C18H27F2N3O7S. The number of halogens is 2. The molecule has 31 heavy (non-hydrogen) atoms. The van der Waals surface area contributed by atoms with Crippen LogP contribution in [0.25, 0.3) is 5.57 Å². The topological polar surface area (TPSA) is 153 Å². The molecule has 0 radical (unpaired) electrons. The first kappa shape index (κ1) is 26.8. The van der Waals surface area contributed by atoms with E-state index in [1.54, 1.807) is 0 Å². The van der Waals surface area contributed by atoms with Gasteiger partial charge in [0.2, 0.25) is 6.43 Å². The lowest BCUT2D eigenvalue weighted by atomic mass is 10.1. The number of carboxylic acid groups (broad SMARTS) is 2. The Morgan fingerprint density at radius 3 is 2.35 bits per heavy atom. The molecule has 0 bridgehead atoms. The highest BCUT2D eigenvalue weighted by Gasteiger charge is 2.29. The van der Waals surface area contributed by atoms with Crippen molar-refractivity contribution in [3.8, 4) is 5.88 Å². The quantitative estimate of drug-likeness (QED) is 0.351. The molecule has 1 aromatic heterocycles. The summed E-state index contributed by atoms with van der Waals surface area (Å²) in [5.74, 6) is -2.96. The van der Waals surface area contributed by atoms with Crippen molar-refractivity contribution in [3.05, 3.63) is 11.8 Å². The van der Waals surface area contributed by atoms with Crippen LogP contribution in [0.3, 0.4) is 0 Å². The van der Waals surface area contributed by atoms with E-state index in [2.05, 4.69) is 26.8 Å². The number of unbranched alkanes of at least 4 members (excludes halogenated alkanes) is 2. The van der Waals surface area contributed by atoms with Crippen molar-refractivity contribution in [1.29, 1.82) is 0 Å². The molecule has 13 heteroatoms. The molecule has 2 atom stereocenters. The number of hydrogen-bond acceptors (Lipinski definition) is 9. The van der Waals surface area contributed by atoms with E-state index in [4.69, 9.17) is 25.2 Å². The second kappa shape index (κ2) is 14.0. The lowest BCUT2D eigenvalue weighted by Gasteiger charge is -2.22. The second-order valence-corrected chi connectivity index (χ2v) is 7.36. The van der Waals surface area contributed by atoms with Gasteiger partial charge in [-0.1, -0.05) is 6.08 Å². The molecule has 1 aliphatic heterocycles. The van der Waals surface area contributed by atoms with E-state index in [1.807, 2.05) is 0 Å². The monoisotopic (exact) mass is 467 g/mol. The van der Waals surface area contributed by atoms with Gasteiger partial charge in [-0.25, -0.2) is 18.4 Å². The van der Waals surface area contributed by atoms with Gasteiger partial charge >= 0.3 is 11.9 Å². The van der Waals surface area contributed by atoms with E-state index in [1.165, 1.54) is 0 Å². The summed E-state index contributed by atoms with van der Waals surface area (Å²) >= 11 is 1.15. The van der Waals surface area contributed by atoms with Gasteiger partial charge in [-0.15, -0.1) is 4.37 Å². The van der Waals surface area contributed by atoms with Crippen LogP contribution in [0.2, 0.25) is 0 Å². The van der Waals surface area contributed by atoms with Crippen LogP contribution in [0.5, 0.6) is 5.88 Å². The van der Waals surface area contributed by atoms with Gasteiger partial charge in [0, 0.05) is 19.5 Å². The third-order valence-corrected chi connectivity index (χ3v) is 4.73. The van der Waals surface area contributed by atoms with Gasteiger partial charge in [-0.2, -0.15) is 4.37 Å². The number of carboxylic acids is 2. The molecule has 10 nitrogen and oxygen atoms in total. The lowest BCUT2D eigenvalue weighted by molar-refractivity contribution is -0.165. The maximum Gasteiger partial charge on any atom is 0.335 e. The SMILES string of the molecule is CN1CCC=C(c2nsnc2OCCCCCC(F)F)C1.O=C(O)[C@H](O)[C@@H](O)C(=O)O. The number of aromatic nitrogens is 2. The van der Waals surface area contributed by atoms with E-state index in [-0.39, 0.29) is 6.42 Å². The van der Waals surface area contributed by atoms with Crippen molar-refractivity contribution in [1.82, 2.24) is 13.6 Å². The van der Waals surface area contributed by atoms with Crippen LogP contribution in [-0.2, 0) is 9.59 Å². The Morgan fingerprint density at radius 1 is 1.16 bits per heavy atom. The molecule has 2 rings (SSSR count). The minimum absolute atomic E-state index is 0.0251. The van der Waals surface area contributed by atoms with E-state index < -0.39 is 30.6 Å². The van der Waals surface area contributed by atoms with Crippen molar-refractivity contribution in [2.24, 2.45) is 0 Å². The van der Waals surface area contributed by atoms with E-state index >= 15 is 0 Å². The lowest BCUT2D eigenvalue weighted by Crippen LogP contribution is -2.39. The summed E-state index contributed by atoms with van der Waals surface area (Å²) in [6.45, 7) is 2.42. The molecule has 0 unspecified atom stereocenters. The van der Waals surface area contributed by atoms with Crippen LogP contribution in [0.4, 0.5) is 8.78 Å². The Kier molecular flexibility index (Phi) is 12.1. The standard InChI is InChI=1S/C14H21F2N3OS.C4H6O6/c1-19-8-5-6-11(10-19)13-14(18-21-17-13)20-9-4-2-3-7-12(15)16;5-1(3(7)8)2(6)4(9)10/h6,12H,2-5,7-10H2,1H3;1-2,5-6H,(H,7,8)(H,9,10)/t;1-,2-/m.1/s1. The number of aliphatic hydroxyl groups excluding tert-OH is 2. The summed E-state index contributed by atoms with van der Waals surface area (Å²) in [6, 6.07) is 0. The predicted octanol–water partition coefficient (Wildman–Crippen LogP) is 1.34. The van der Waals surface area contributed by atoms with E-state index in [9.17, 15) is 18.4 Å². The maximum atomic E-state index is 12.0. The summed E-state index contributed by atoms with van der Waals surface area (Å²) in [7, 11) is 2.08. The first-order valence-electron chi connectivity index (χ1n) is 9.56. The van der Waals surface area contributed by atoms with Gasteiger partial charge in [-0.05, 0) is 38.3 Å². The number of nitrogens with zero attached hydrogens (tertiary/aromatic N) is 3.